The molecule has 0 amide bonds. The van der Waals surface area contributed by atoms with E-state index in [0.717, 1.165) is 17.5 Å². The molecule has 0 radical (unpaired) electrons. The summed E-state index contributed by atoms with van der Waals surface area (Å²) < 4.78 is 43.7. The van der Waals surface area contributed by atoms with Crippen LogP contribution in [0.3, 0.4) is 0 Å². The van der Waals surface area contributed by atoms with Gasteiger partial charge in [-0.1, -0.05) is 72.2 Å². The Labute approximate surface area is 261 Å². The van der Waals surface area contributed by atoms with Crippen LogP contribution in [0.2, 0.25) is 5.02 Å². The molecule has 230 valence electrons. The van der Waals surface area contributed by atoms with Gasteiger partial charge in [0.1, 0.15) is 11.6 Å². The highest BCUT2D eigenvalue weighted by Gasteiger charge is 2.24. The molecule has 0 atom stereocenters. The van der Waals surface area contributed by atoms with Crippen molar-refractivity contribution in [1.29, 1.82) is 0 Å². The van der Waals surface area contributed by atoms with Crippen molar-refractivity contribution in [2.75, 3.05) is 11.3 Å². The zero-order chi connectivity index (χ0) is 31.4. The molecule has 1 N–H and O–H groups in total. The highest BCUT2D eigenvalue weighted by Crippen LogP contribution is 2.33. The molecule has 12 heteroatoms. The van der Waals surface area contributed by atoms with E-state index in [1.54, 1.807) is 60.9 Å². The maximum Gasteiger partial charge on any atom is 0.351 e. The first kappa shape index (κ1) is 31.2. The van der Waals surface area contributed by atoms with Crippen molar-refractivity contribution in [2.24, 2.45) is 0 Å². The molecule has 5 rings (SSSR count). The molecule has 0 aliphatic heterocycles. The van der Waals surface area contributed by atoms with Gasteiger partial charge in [0.15, 0.2) is 5.82 Å². The number of para-hydroxylation sites is 1. The van der Waals surface area contributed by atoms with Gasteiger partial charge in [0.2, 0.25) is 0 Å². The van der Waals surface area contributed by atoms with E-state index in [1.807, 2.05) is 38.1 Å². The van der Waals surface area contributed by atoms with Gasteiger partial charge in [-0.15, -0.1) is 5.10 Å². The van der Waals surface area contributed by atoms with Crippen molar-refractivity contribution in [1.82, 2.24) is 19.5 Å². The molecule has 0 aliphatic carbocycles. The van der Waals surface area contributed by atoms with Gasteiger partial charge in [-0.3, -0.25) is 9.29 Å². The summed E-state index contributed by atoms with van der Waals surface area (Å²) in [5.41, 5.74) is 3.67. The molecule has 0 fully saturated rings. The third-order valence-electron chi connectivity index (χ3n) is 7.32. The second-order valence-corrected chi connectivity index (χ2v) is 12.4. The minimum Gasteiger partial charge on any atom is -0.377 e. The van der Waals surface area contributed by atoms with Crippen molar-refractivity contribution in [3.8, 4) is 16.8 Å². The lowest BCUT2D eigenvalue weighted by Crippen LogP contribution is -2.25. The minimum atomic E-state index is -4.02. The number of aromatic nitrogens is 4. The highest BCUT2D eigenvalue weighted by molar-refractivity contribution is 7.92. The van der Waals surface area contributed by atoms with Gasteiger partial charge in [-0.2, -0.15) is 4.68 Å². The van der Waals surface area contributed by atoms with Crippen LogP contribution in [0.1, 0.15) is 48.5 Å². The number of hydrogen-bond acceptors (Lipinski definition) is 7. The Balaban J connectivity index is 1.55. The van der Waals surface area contributed by atoms with Gasteiger partial charge < -0.3 is 9.26 Å². The zero-order valence-electron chi connectivity index (χ0n) is 25.0. The molecule has 2 heterocycles. The monoisotopic (exact) mass is 635 g/mol. The third kappa shape index (κ3) is 6.35. The van der Waals surface area contributed by atoms with Crippen LogP contribution in [0.25, 0.3) is 16.8 Å². The van der Waals surface area contributed by atoms with Crippen LogP contribution < -0.4 is 10.4 Å². The largest absolute Gasteiger partial charge is 0.377 e. The lowest BCUT2D eigenvalue weighted by Gasteiger charge is -2.16. The summed E-state index contributed by atoms with van der Waals surface area (Å²) in [5.74, 6) is 1.32. The fourth-order valence-electron chi connectivity index (χ4n) is 4.93. The lowest BCUT2D eigenvalue weighted by atomic mass is 9.97. The van der Waals surface area contributed by atoms with Gasteiger partial charge in [0.05, 0.1) is 28.8 Å². The average Bonchev–Trinajstić information content (AvgIpc) is 3.49. The Kier molecular flexibility index (Phi) is 9.38. The van der Waals surface area contributed by atoms with Crippen molar-refractivity contribution in [3.63, 3.8) is 0 Å². The number of ether oxygens (including phenoxy) is 1. The van der Waals surface area contributed by atoms with Crippen LogP contribution >= 0.6 is 11.6 Å². The van der Waals surface area contributed by atoms with E-state index in [0.29, 0.717) is 52.0 Å². The van der Waals surface area contributed by atoms with E-state index in [9.17, 15) is 13.2 Å². The minimum absolute atomic E-state index is 0.0908. The Hall–Kier alpha value is -4.19. The Morgan fingerprint density at radius 2 is 1.75 bits per heavy atom. The molecule has 0 aliphatic rings. The standard InChI is InChI=1S/C32H34ClN5O5S/c1-5-11-30-34-38(28-14-9-8-13-27(28)33)32(39)37(30)19-23-16-17-25(24(18-23)20-42-6-2)26-12-7-10-15-29(26)44(40,41)36-31-21(3)22(4)43-35-31/h7-10,12-18H,5-6,11,19-20H2,1-4H3,(H,35,36). The number of benzene rings is 3. The fraction of sp³-hybridized carbons (Fsp3) is 0.281. The molecule has 0 saturated carbocycles. The second-order valence-electron chi connectivity index (χ2n) is 10.3. The van der Waals surface area contributed by atoms with Crippen LogP contribution in [0.4, 0.5) is 5.82 Å². The molecular formula is C32H34ClN5O5S. The van der Waals surface area contributed by atoms with Gasteiger partial charge in [0, 0.05) is 24.2 Å². The molecule has 0 spiro atoms. The van der Waals surface area contributed by atoms with E-state index in [1.165, 1.54) is 4.68 Å². The molecule has 3 aromatic carbocycles. The van der Waals surface area contributed by atoms with E-state index >= 15 is 0 Å². The van der Waals surface area contributed by atoms with E-state index in [4.69, 9.17) is 20.9 Å². The predicted octanol–water partition coefficient (Wildman–Crippen LogP) is 6.30. The van der Waals surface area contributed by atoms with Gasteiger partial charge in [0.25, 0.3) is 10.0 Å². The number of nitrogens with one attached hydrogen (secondary N) is 1. The number of rotatable bonds is 12. The van der Waals surface area contributed by atoms with Crippen molar-refractivity contribution < 1.29 is 17.7 Å². The molecule has 0 saturated heterocycles. The Bertz CT molecular complexity index is 1960. The summed E-state index contributed by atoms with van der Waals surface area (Å²) in [6.07, 6.45) is 1.42. The maximum atomic E-state index is 13.6. The predicted molar refractivity (Wildman–Crippen MR) is 170 cm³/mol. The number of halogens is 1. The summed E-state index contributed by atoms with van der Waals surface area (Å²) in [7, 11) is -4.02. The van der Waals surface area contributed by atoms with Crippen LogP contribution in [0.15, 0.2) is 80.9 Å². The van der Waals surface area contributed by atoms with E-state index in [2.05, 4.69) is 15.0 Å². The summed E-state index contributed by atoms with van der Waals surface area (Å²) in [5, 5.41) is 8.91. The lowest BCUT2D eigenvalue weighted by molar-refractivity contribution is 0.134. The number of hydrogen-bond donors (Lipinski definition) is 1. The molecule has 10 nitrogen and oxygen atoms in total. The first-order valence-electron chi connectivity index (χ1n) is 14.3. The molecular weight excluding hydrogens is 602 g/mol. The second kappa shape index (κ2) is 13.2. The summed E-state index contributed by atoms with van der Waals surface area (Å²) in [6, 6.07) is 19.6. The normalized spacial score (nSPS) is 11.7. The number of sulfonamides is 1. The summed E-state index contributed by atoms with van der Waals surface area (Å²) in [4.78, 5) is 13.7. The summed E-state index contributed by atoms with van der Waals surface area (Å²) in [6.45, 7) is 8.38. The molecule has 0 bridgehead atoms. The van der Waals surface area contributed by atoms with Gasteiger partial charge in [-0.25, -0.2) is 13.2 Å². The van der Waals surface area contributed by atoms with Gasteiger partial charge in [-0.05, 0) is 62.1 Å². The number of aryl methyl sites for hydroxylation is 2. The van der Waals surface area contributed by atoms with Crippen molar-refractivity contribution in [3.05, 3.63) is 111 Å². The average molecular weight is 636 g/mol. The SMILES string of the molecule is CCCc1nn(-c2ccccc2Cl)c(=O)n1Cc1ccc(-c2ccccc2S(=O)(=O)Nc2noc(C)c2C)c(COCC)c1. The Morgan fingerprint density at radius 3 is 2.45 bits per heavy atom. The van der Waals surface area contributed by atoms with E-state index in [-0.39, 0.29) is 29.6 Å². The van der Waals surface area contributed by atoms with Gasteiger partial charge >= 0.3 is 5.69 Å². The molecule has 2 aromatic heterocycles. The maximum absolute atomic E-state index is 13.6. The van der Waals surface area contributed by atoms with Crippen LogP contribution in [0, 0.1) is 13.8 Å². The molecule has 0 unspecified atom stereocenters. The fourth-order valence-corrected chi connectivity index (χ4v) is 6.42. The molecule has 44 heavy (non-hydrogen) atoms. The van der Waals surface area contributed by atoms with E-state index < -0.39 is 10.0 Å². The first-order valence-corrected chi connectivity index (χ1v) is 16.2. The zero-order valence-corrected chi connectivity index (χ0v) is 26.6. The van der Waals surface area contributed by atoms with Crippen LogP contribution in [0.5, 0.6) is 0 Å². The topological polar surface area (TPSA) is 121 Å². The highest BCUT2D eigenvalue weighted by atomic mass is 35.5. The summed E-state index contributed by atoms with van der Waals surface area (Å²) >= 11 is 6.40. The molecule has 5 aromatic rings. The first-order chi connectivity index (χ1) is 21.1. The van der Waals surface area contributed by atoms with Crippen LogP contribution in [-0.2, 0) is 34.3 Å². The Morgan fingerprint density at radius 1 is 1.00 bits per heavy atom. The third-order valence-corrected chi connectivity index (χ3v) is 9.04. The quantitative estimate of drug-likeness (QED) is 0.171. The number of nitrogens with zero attached hydrogens (tertiary/aromatic N) is 4. The smallest absolute Gasteiger partial charge is 0.351 e. The number of anilines is 1. The van der Waals surface area contributed by atoms with Crippen molar-refractivity contribution in [2.45, 2.75) is 58.6 Å². The van der Waals surface area contributed by atoms with Crippen molar-refractivity contribution >= 4 is 27.4 Å². The van der Waals surface area contributed by atoms with Crippen LogP contribution in [-0.4, -0.2) is 34.5 Å².